The van der Waals surface area contributed by atoms with E-state index in [1.165, 1.54) is 57.8 Å². The zero-order valence-electron chi connectivity index (χ0n) is 18.6. The van der Waals surface area contributed by atoms with Gasteiger partial charge in [0.1, 0.15) is 0 Å². The van der Waals surface area contributed by atoms with Crippen molar-refractivity contribution in [3.63, 3.8) is 0 Å². The molecule has 0 aromatic heterocycles. The van der Waals surface area contributed by atoms with Crippen LogP contribution in [0.2, 0.25) is 0 Å². The van der Waals surface area contributed by atoms with Gasteiger partial charge in [-0.3, -0.25) is 0 Å². The molecule has 4 aliphatic rings. The monoisotopic (exact) mass is 388 g/mol. The van der Waals surface area contributed by atoms with Crippen LogP contribution in [0.25, 0.3) is 0 Å². The molecule has 0 aromatic carbocycles. The van der Waals surface area contributed by atoms with E-state index in [1.807, 2.05) is 0 Å². The van der Waals surface area contributed by atoms with Gasteiger partial charge in [-0.2, -0.15) is 4.91 Å². The van der Waals surface area contributed by atoms with Crippen molar-refractivity contribution in [2.24, 2.45) is 57.8 Å². The number of nitrogens with zero attached hydrogens (tertiary/aromatic N) is 1. The zero-order valence-corrected chi connectivity index (χ0v) is 18.6. The van der Waals surface area contributed by atoms with Gasteiger partial charge in [0.2, 0.25) is 0 Å². The molecule has 0 radical (unpaired) electrons. The molecule has 0 heterocycles. The Morgan fingerprint density at radius 1 is 0.964 bits per heavy atom. The lowest BCUT2D eigenvalue weighted by atomic mass is 9.49. The summed E-state index contributed by atoms with van der Waals surface area (Å²) in [6.45, 7) is 7.00. The highest BCUT2D eigenvalue weighted by molar-refractivity contribution is 5.07. The Balaban J connectivity index is 1.42. The Morgan fingerprint density at radius 3 is 2.46 bits per heavy atom. The van der Waals surface area contributed by atoms with Crippen LogP contribution < -0.4 is 5.73 Å². The summed E-state index contributed by atoms with van der Waals surface area (Å²) in [6.07, 6.45) is 15.9. The maximum atomic E-state index is 11.1. The van der Waals surface area contributed by atoms with Crippen molar-refractivity contribution < 1.29 is 0 Å². The largest absolute Gasteiger partial charge is 0.327 e. The molecule has 0 aliphatic heterocycles. The summed E-state index contributed by atoms with van der Waals surface area (Å²) in [5.74, 6) is 6.33. The lowest BCUT2D eigenvalue weighted by Gasteiger charge is -2.57. The Morgan fingerprint density at radius 2 is 1.75 bits per heavy atom. The molecule has 0 amide bonds. The molecule has 160 valence electrons. The zero-order chi connectivity index (χ0) is 19.9. The predicted octanol–water partition coefficient (Wildman–Crippen LogP) is 6.54. The van der Waals surface area contributed by atoms with Crippen molar-refractivity contribution in [2.45, 2.75) is 110 Å². The number of nitroso groups, excluding NO2 is 1. The minimum Gasteiger partial charge on any atom is -0.327 e. The van der Waals surface area contributed by atoms with Gasteiger partial charge in [0, 0.05) is 6.04 Å². The van der Waals surface area contributed by atoms with Gasteiger partial charge < -0.3 is 5.73 Å². The minimum absolute atomic E-state index is 0.0615. The second-order valence-corrected chi connectivity index (χ2v) is 11.3. The number of rotatable bonds is 6. The van der Waals surface area contributed by atoms with Crippen LogP contribution in [-0.2, 0) is 0 Å². The van der Waals surface area contributed by atoms with Crippen LogP contribution in [0, 0.1) is 51.7 Å². The molecule has 0 spiro atoms. The SMILES string of the molecule is CCC(CC1CCC2C(CCC3C2CCC2(C)C(C(N)CC)CCC32)C1)N=O. The summed E-state index contributed by atoms with van der Waals surface area (Å²) in [5.41, 5.74) is 7.11. The third kappa shape index (κ3) is 3.48. The van der Waals surface area contributed by atoms with Crippen LogP contribution in [0.15, 0.2) is 5.18 Å². The summed E-state index contributed by atoms with van der Waals surface area (Å²) in [5, 5.41) is 3.38. The highest BCUT2D eigenvalue weighted by Crippen LogP contribution is 2.65. The summed E-state index contributed by atoms with van der Waals surface area (Å²) in [7, 11) is 0. The van der Waals surface area contributed by atoms with Crippen molar-refractivity contribution in [3.05, 3.63) is 4.91 Å². The van der Waals surface area contributed by atoms with Gasteiger partial charge in [-0.25, -0.2) is 0 Å². The van der Waals surface area contributed by atoms with E-state index in [2.05, 4.69) is 25.9 Å². The van der Waals surface area contributed by atoms with E-state index in [4.69, 9.17) is 5.73 Å². The molecule has 0 bridgehead atoms. The Bertz CT molecular complexity index is 551. The predicted molar refractivity (Wildman–Crippen MR) is 117 cm³/mol. The fourth-order valence-corrected chi connectivity index (χ4v) is 8.86. The number of nitrogens with two attached hydrogens (primary N) is 1. The molecule has 0 aromatic rings. The van der Waals surface area contributed by atoms with Crippen LogP contribution in [0.4, 0.5) is 0 Å². The van der Waals surface area contributed by atoms with Crippen molar-refractivity contribution >= 4 is 0 Å². The second kappa shape index (κ2) is 8.36. The molecular weight excluding hydrogens is 344 g/mol. The van der Waals surface area contributed by atoms with Gasteiger partial charge in [-0.05, 0) is 117 Å². The summed E-state index contributed by atoms with van der Waals surface area (Å²) in [4.78, 5) is 11.1. The number of hydrogen-bond donors (Lipinski definition) is 1. The molecule has 10 atom stereocenters. The fraction of sp³-hybridized carbons (Fsp3) is 1.00. The van der Waals surface area contributed by atoms with Crippen LogP contribution in [0.5, 0.6) is 0 Å². The quantitative estimate of drug-likeness (QED) is 0.525. The molecule has 10 unspecified atom stereocenters. The molecule has 3 heteroatoms. The topological polar surface area (TPSA) is 55.4 Å². The molecule has 4 aliphatic carbocycles. The Kier molecular flexibility index (Phi) is 6.22. The van der Waals surface area contributed by atoms with Gasteiger partial charge in [0.15, 0.2) is 0 Å². The maximum Gasteiger partial charge on any atom is 0.0919 e. The number of hydrogen-bond acceptors (Lipinski definition) is 3. The summed E-state index contributed by atoms with van der Waals surface area (Å²) >= 11 is 0. The van der Waals surface area contributed by atoms with Crippen molar-refractivity contribution in [1.29, 1.82) is 0 Å². The molecular formula is C25H44N2O. The highest BCUT2D eigenvalue weighted by Gasteiger charge is 2.57. The molecule has 4 fully saturated rings. The molecule has 2 N–H and O–H groups in total. The van der Waals surface area contributed by atoms with E-state index in [0.29, 0.717) is 11.5 Å². The first kappa shape index (κ1) is 20.8. The van der Waals surface area contributed by atoms with Gasteiger partial charge in [0.25, 0.3) is 0 Å². The lowest BCUT2D eigenvalue weighted by molar-refractivity contribution is -0.0712. The van der Waals surface area contributed by atoms with Crippen LogP contribution >= 0.6 is 0 Å². The van der Waals surface area contributed by atoms with E-state index in [1.54, 1.807) is 0 Å². The molecule has 4 saturated carbocycles. The van der Waals surface area contributed by atoms with Crippen LogP contribution in [0.1, 0.15) is 97.8 Å². The standard InChI is InChI=1S/C25H44N2O/c1-4-18(27-28)15-16-6-8-19-17(14-16)7-9-21-20(19)12-13-25(3)22(21)10-11-23(25)24(26)5-2/h16-24H,4-15,26H2,1-3H3. The third-order valence-corrected chi connectivity index (χ3v) is 10.4. The van der Waals surface area contributed by atoms with Crippen LogP contribution in [0.3, 0.4) is 0 Å². The van der Waals surface area contributed by atoms with E-state index < -0.39 is 0 Å². The Labute approximate surface area is 173 Å². The van der Waals surface area contributed by atoms with Gasteiger partial charge in [-0.1, -0.05) is 32.4 Å². The molecule has 3 nitrogen and oxygen atoms in total. The first-order valence-corrected chi connectivity index (χ1v) is 12.6. The molecule has 4 rings (SSSR count). The van der Waals surface area contributed by atoms with E-state index in [9.17, 15) is 4.91 Å². The van der Waals surface area contributed by atoms with E-state index >= 15 is 0 Å². The average molecular weight is 389 g/mol. The van der Waals surface area contributed by atoms with Gasteiger partial charge >= 0.3 is 0 Å². The van der Waals surface area contributed by atoms with Gasteiger partial charge in [-0.15, -0.1) is 0 Å². The lowest BCUT2D eigenvalue weighted by Crippen LogP contribution is -2.50. The summed E-state index contributed by atoms with van der Waals surface area (Å²) < 4.78 is 0. The minimum atomic E-state index is 0.0615. The first-order chi connectivity index (χ1) is 13.5. The third-order valence-electron chi connectivity index (χ3n) is 10.4. The first-order valence-electron chi connectivity index (χ1n) is 12.6. The Hall–Kier alpha value is -0.440. The van der Waals surface area contributed by atoms with E-state index in [-0.39, 0.29) is 6.04 Å². The number of fused-ring (bicyclic) bond motifs is 5. The van der Waals surface area contributed by atoms with Crippen molar-refractivity contribution in [1.82, 2.24) is 0 Å². The van der Waals surface area contributed by atoms with Crippen LogP contribution in [-0.4, -0.2) is 12.1 Å². The second-order valence-electron chi connectivity index (χ2n) is 11.3. The van der Waals surface area contributed by atoms with Crippen molar-refractivity contribution in [2.75, 3.05) is 0 Å². The smallest absolute Gasteiger partial charge is 0.0919 e. The molecule has 28 heavy (non-hydrogen) atoms. The van der Waals surface area contributed by atoms with E-state index in [0.717, 1.165) is 60.7 Å². The fourth-order valence-electron chi connectivity index (χ4n) is 8.86. The highest BCUT2D eigenvalue weighted by atomic mass is 16.3. The normalized spacial score (nSPS) is 47.5. The van der Waals surface area contributed by atoms with Crippen molar-refractivity contribution in [3.8, 4) is 0 Å². The maximum absolute atomic E-state index is 11.1. The summed E-state index contributed by atoms with van der Waals surface area (Å²) in [6, 6.07) is 0.475. The van der Waals surface area contributed by atoms with Gasteiger partial charge in [0.05, 0.1) is 6.04 Å². The molecule has 0 saturated heterocycles. The average Bonchev–Trinajstić information content (AvgIpc) is 3.08.